The second kappa shape index (κ2) is 4.69. The monoisotopic (exact) mass is 237 g/mol. The highest BCUT2D eigenvalue weighted by atomic mass is 16.5. The van der Waals surface area contributed by atoms with Crippen LogP contribution in [0.3, 0.4) is 0 Å². The Balaban J connectivity index is 2.14. The first-order valence-corrected chi connectivity index (χ1v) is 6.38. The molecule has 96 valence electrons. The zero-order chi connectivity index (χ0) is 12.5. The number of ether oxygens (including phenoxy) is 1. The van der Waals surface area contributed by atoms with E-state index in [9.17, 15) is 0 Å². The summed E-state index contributed by atoms with van der Waals surface area (Å²) < 4.78 is 7.67. The Bertz CT molecular complexity index is 378. The number of imidazole rings is 1. The van der Waals surface area contributed by atoms with Crippen LogP contribution in [0.5, 0.6) is 0 Å². The Morgan fingerprint density at radius 2 is 2.35 bits per heavy atom. The van der Waals surface area contributed by atoms with Crippen molar-refractivity contribution in [3.8, 4) is 0 Å². The Labute approximate surface area is 103 Å². The number of anilines is 1. The average Bonchev–Trinajstić information content (AvgIpc) is 2.74. The van der Waals surface area contributed by atoms with E-state index in [-0.39, 0.29) is 5.54 Å². The molecule has 1 unspecified atom stereocenters. The van der Waals surface area contributed by atoms with E-state index in [2.05, 4.69) is 41.8 Å². The van der Waals surface area contributed by atoms with E-state index in [1.807, 2.05) is 6.92 Å². The van der Waals surface area contributed by atoms with Crippen LogP contribution in [-0.2, 0) is 11.3 Å². The van der Waals surface area contributed by atoms with E-state index in [0.717, 1.165) is 37.8 Å². The number of aromatic nitrogens is 2. The van der Waals surface area contributed by atoms with Crippen LogP contribution in [0.2, 0.25) is 0 Å². The minimum absolute atomic E-state index is 0.0342. The summed E-state index contributed by atoms with van der Waals surface area (Å²) in [6.45, 7) is 11.3. The first-order valence-electron chi connectivity index (χ1n) is 6.38. The summed E-state index contributed by atoms with van der Waals surface area (Å²) in [4.78, 5) is 4.57. The van der Waals surface area contributed by atoms with Gasteiger partial charge in [-0.2, -0.15) is 0 Å². The van der Waals surface area contributed by atoms with Crippen molar-refractivity contribution in [2.45, 2.75) is 46.2 Å². The van der Waals surface area contributed by atoms with E-state index in [0.29, 0.717) is 5.92 Å². The van der Waals surface area contributed by atoms with Gasteiger partial charge in [0.1, 0.15) is 0 Å². The molecule has 0 radical (unpaired) electrons. The Morgan fingerprint density at radius 3 is 2.94 bits per heavy atom. The highest BCUT2D eigenvalue weighted by molar-refractivity contribution is 5.33. The maximum atomic E-state index is 5.46. The quantitative estimate of drug-likeness (QED) is 0.874. The van der Waals surface area contributed by atoms with Gasteiger partial charge in [-0.05, 0) is 26.2 Å². The van der Waals surface area contributed by atoms with Crippen molar-refractivity contribution in [1.29, 1.82) is 0 Å². The van der Waals surface area contributed by atoms with Gasteiger partial charge in [0.05, 0.1) is 17.8 Å². The van der Waals surface area contributed by atoms with Crippen LogP contribution in [0.25, 0.3) is 0 Å². The predicted molar refractivity (Wildman–Crippen MR) is 69.3 cm³/mol. The Hall–Kier alpha value is -1.03. The van der Waals surface area contributed by atoms with E-state index < -0.39 is 0 Å². The molecule has 0 saturated carbocycles. The third kappa shape index (κ3) is 3.00. The van der Waals surface area contributed by atoms with Gasteiger partial charge in [-0.15, -0.1) is 0 Å². The summed E-state index contributed by atoms with van der Waals surface area (Å²) in [6, 6.07) is 0. The van der Waals surface area contributed by atoms with Crippen molar-refractivity contribution >= 4 is 5.95 Å². The second-order valence-corrected chi connectivity index (χ2v) is 5.74. The molecule has 1 fully saturated rings. The molecule has 0 aromatic carbocycles. The molecule has 1 N–H and O–H groups in total. The van der Waals surface area contributed by atoms with Crippen molar-refractivity contribution in [3.63, 3.8) is 0 Å². The lowest BCUT2D eigenvalue weighted by atomic mass is 10.0. The van der Waals surface area contributed by atoms with E-state index in [4.69, 9.17) is 4.74 Å². The van der Waals surface area contributed by atoms with E-state index in [1.165, 1.54) is 0 Å². The standard InChI is InChI=1S/C13H23N3O/c1-10(2)7-16-8-11(3)14-12(16)15-13(4)5-6-17-9-13/h8,10H,5-7,9H2,1-4H3,(H,14,15). The molecule has 0 spiro atoms. The topological polar surface area (TPSA) is 39.1 Å². The number of hydrogen-bond donors (Lipinski definition) is 1. The highest BCUT2D eigenvalue weighted by Crippen LogP contribution is 2.23. The molecule has 1 aliphatic rings. The zero-order valence-electron chi connectivity index (χ0n) is 11.3. The van der Waals surface area contributed by atoms with E-state index >= 15 is 0 Å². The molecule has 1 aliphatic heterocycles. The van der Waals surface area contributed by atoms with Crippen LogP contribution >= 0.6 is 0 Å². The van der Waals surface area contributed by atoms with Crippen LogP contribution in [0, 0.1) is 12.8 Å². The van der Waals surface area contributed by atoms with Crippen molar-refractivity contribution in [3.05, 3.63) is 11.9 Å². The maximum absolute atomic E-state index is 5.46. The van der Waals surface area contributed by atoms with Crippen LogP contribution in [0.15, 0.2) is 6.20 Å². The predicted octanol–water partition coefficient (Wildman–Crippen LogP) is 2.44. The molecule has 4 heteroatoms. The molecule has 1 aromatic rings. The molecular weight excluding hydrogens is 214 g/mol. The summed E-state index contributed by atoms with van der Waals surface area (Å²) in [7, 11) is 0. The molecule has 0 aliphatic carbocycles. The van der Waals surface area contributed by atoms with Crippen LogP contribution in [0.1, 0.15) is 32.9 Å². The zero-order valence-corrected chi connectivity index (χ0v) is 11.3. The first-order chi connectivity index (χ1) is 7.98. The van der Waals surface area contributed by atoms with Gasteiger partial charge >= 0.3 is 0 Å². The van der Waals surface area contributed by atoms with Gasteiger partial charge in [-0.1, -0.05) is 13.8 Å². The third-order valence-corrected chi connectivity index (χ3v) is 3.09. The second-order valence-electron chi connectivity index (χ2n) is 5.74. The van der Waals surface area contributed by atoms with Gasteiger partial charge in [-0.3, -0.25) is 0 Å². The molecule has 0 amide bonds. The summed E-state index contributed by atoms with van der Waals surface area (Å²) in [5, 5.41) is 3.54. The summed E-state index contributed by atoms with van der Waals surface area (Å²) >= 11 is 0. The lowest BCUT2D eigenvalue weighted by molar-refractivity contribution is 0.185. The smallest absolute Gasteiger partial charge is 0.203 e. The average molecular weight is 237 g/mol. The molecule has 1 aromatic heterocycles. The largest absolute Gasteiger partial charge is 0.379 e. The highest BCUT2D eigenvalue weighted by Gasteiger charge is 2.30. The fourth-order valence-electron chi connectivity index (χ4n) is 2.21. The minimum atomic E-state index is 0.0342. The lowest BCUT2D eigenvalue weighted by Gasteiger charge is -2.25. The molecule has 2 rings (SSSR count). The van der Waals surface area contributed by atoms with Gasteiger partial charge in [0.15, 0.2) is 0 Å². The van der Waals surface area contributed by atoms with Crippen molar-refractivity contribution in [1.82, 2.24) is 9.55 Å². The fourth-order valence-corrected chi connectivity index (χ4v) is 2.21. The fraction of sp³-hybridized carbons (Fsp3) is 0.769. The first kappa shape index (κ1) is 12.4. The molecule has 1 saturated heterocycles. The lowest BCUT2D eigenvalue weighted by Crippen LogP contribution is -2.36. The molecular formula is C13H23N3O. The minimum Gasteiger partial charge on any atom is -0.379 e. The maximum Gasteiger partial charge on any atom is 0.203 e. The summed E-state index contributed by atoms with van der Waals surface area (Å²) in [5.74, 6) is 1.60. The van der Waals surface area contributed by atoms with Crippen molar-refractivity contribution in [2.24, 2.45) is 5.92 Å². The molecule has 4 nitrogen and oxygen atoms in total. The SMILES string of the molecule is Cc1cn(CC(C)C)c(NC2(C)CCOC2)n1. The van der Waals surface area contributed by atoms with Gasteiger partial charge in [0.25, 0.3) is 0 Å². The Kier molecular flexibility index (Phi) is 3.43. The van der Waals surface area contributed by atoms with Gasteiger partial charge in [0, 0.05) is 19.3 Å². The van der Waals surface area contributed by atoms with Gasteiger partial charge < -0.3 is 14.6 Å². The number of nitrogens with zero attached hydrogens (tertiary/aromatic N) is 2. The van der Waals surface area contributed by atoms with Crippen LogP contribution in [-0.4, -0.2) is 28.3 Å². The van der Waals surface area contributed by atoms with Crippen molar-refractivity contribution in [2.75, 3.05) is 18.5 Å². The van der Waals surface area contributed by atoms with Gasteiger partial charge in [-0.25, -0.2) is 4.98 Å². The number of nitrogens with one attached hydrogen (secondary N) is 1. The molecule has 2 heterocycles. The van der Waals surface area contributed by atoms with Crippen LogP contribution in [0.4, 0.5) is 5.95 Å². The molecule has 17 heavy (non-hydrogen) atoms. The Morgan fingerprint density at radius 1 is 1.59 bits per heavy atom. The normalized spacial score (nSPS) is 24.5. The van der Waals surface area contributed by atoms with Crippen LogP contribution < -0.4 is 5.32 Å². The number of rotatable bonds is 4. The summed E-state index contributed by atoms with van der Waals surface area (Å²) in [6.07, 6.45) is 3.15. The molecule has 1 atom stereocenters. The number of aryl methyl sites for hydroxylation is 1. The number of hydrogen-bond acceptors (Lipinski definition) is 3. The van der Waals surface area contributed by atoms with Gasteiger partial charge in [0.2, 0.25) is 5.95 Å². The van der Waals surface area contributed by atoms with Crippen molar-refractivity contribution < 1.29 is 4.74 Å². The molecule has 0 bridgehead atoms. The summed E-state index contributed by atoms with van der Waals surface area (Å²) in [5.41, 5.74) is 1.10. The third-order valence-electron chi connectivity index (χ3n) is 3.09. The van der Waals surface area contributed by atoms with E-state index in [1.54, 1.807) is 0 Å².